The summed E-state index contributed by atoms with van der Waals surface area (Å²) in [7, 11) is 0. The Morgan fingerprint density at radius 2 is 1.90 bits per heavy atom. The molecule has 0 radical (unpaired) electrons. The topological polar surface area (TPSA) is 67.2 Å². The molecule has 0 aliphatic rings. The number of carbonyl (C=O) groups is 1. The van der Waals surface area contributed by atoms with E-state index in [0.717, 1.165) is 0 Å². The molecule has 0 unspecified atom stereocenters. The highest BCUT2D eigenvalue weighted by molar-refractivity contribution is 6.04. The van der Waals surface area contributed by atoms with Gasteiger partial charge in [0.25, 0.3) is 5.91 Å². The van der Waals surface area contributed by atoms with E-state index in [4.69, 9.17) is 0 Å². The highest BCUT2D eigenvalue weighted by atomic mass is 19.4. The molecular formula is C12H10F3N3O2. The van der Waals surface area contributed by atoms with Crippen molar-refractivity contribution in [3.8, 4) is 0 Å². The number of anilines is 2. The Kier molecular flexibility index (Phi) is 3.92. The number of benzene rings is 1. The smallest absolute Gasteiger partial charge is 0.375 e. The van der Waals surface area contributed by atoms with E-state index in [-0.39, 0.29) is 17.1 Å². The largest absolute Gasteiger partial charge is 0.405 e. The predicted octanol–water partition coefficient (Wildman–Crippen LogP) is 2.90. The molecule has 1 heterocycles. The number of para-hydroxylation sites is 2. The highest BCUT2D eigenvalue weighted by Gasteiger charge is 2.27. The van der Waals surface area contributed by atoms with Crippen molar-refractivity contribution in [3.63, 3.8) is 0 Å². The zero-order chi connectivity index (χ0) is 14.6. The summed E-state index contributed by atoms with van der Waals surface area (Å²) in [4.78, 5) is 11.7. The van der Waals surface area contributed by atoms with E-state index in [0.29, 0.717) is 0 Å². The van der Waals surface area contributed by atoms with Crippen LogP contribution < -0.4 is 10.6 Å². The number of nitrogens with one attached hydrogen (secondary N) is 2. The number of hydrogen-bond acceptors (Lipinski definition) is 4. The van der Waals surface area contributed by atoms with Crippen LogP contribution >= 0.6 is 0 Å². The van der Waals surface area contributed by atoms with E-state index in [2.05, 4.69) is 20.3 Å². The number of halogens is 3. The fourth-order valence-corrected chi connectivity index (χ4v) is 1.46. The zero-order valence-corrected chi connectivity index (χ0v) is 10.1. The predicted molar refractivity (Wildman–Crippen MR) is 65.4 cm³/mol. The quantitative estimate of drug-likeness (QED) is 0.906. The zero-order valence-electron chi connectivity index (χ0n) is 10.1. The second-order valence-corrected chi connectivity index (χ2v) is 3.85. The molecule has 1 amide bonds. The van der Waals surface area contributed by atoms with Crippen LogP contribution in [0.2, 0.25) is 0 Å². The molecule has 2 rings (SSSR count). The second kappa shape index (κ2) is 5.64. The summed E-state index contributed by atoms with van der Waals surface area (Å²) in [5.41, 5.74) is 0.432. The van der Waals surface area contributed by atoms with Crippen LogP contribution in [0, 0.1) is 0 Å². The number of aromatic nitrogens is 1. The third kappa shape index (κ3) is 3.74. The molecule has 20 heavy (non-hydrogen) atoms. The summed E-state index contributed by atoms with van der Waals surface area (Å²) in [6.45, 7) is -1.19. The van der Waals surface area contributed by atoms with Crippen LogP contribution in [0.3, 0.4) is 0 Å². The molecule has 8 heteroatoms. The lowest BCUT2D eigenvalue weighted by Gasteiger charge is -2.13. The molecule has 0 aliphatic carbocycles. The van der Waals surface area contributed by atoms with E-state index >= 15 is 0 Å². The Morgan fingerprint density at radius 3 is 2.50 bits per heavy atom. The van der Waals surface area contributed by atoms with Crippen molar-refractivity contribution in [2.24, 2.45) is 0 Å². The minimum absolute atomic E-state index is 0.0376. The first-order valence-corrected chi connectivity index (χ1v) is 5.57. The summed E-state index contributed by atoms with van der Waals surface area (Å²) in [5, 5.41) is 8.12. The molecule has 1 aromatic heterocycles. The van der Waals surface area contributed by atoms with Gasteiger partial charge in [-0.15, -0.1) is 0 Å². The lowest BCUT2D eigenvalue weighted by atomic mass is 10.2. The molecule has 2 N–H and O–H groups in total. The van der Waals surface area contributed by atoms with E-state index < -0.39 is 18.6 Å². The highest BCUT2D eigenvalue weighted by Crippen LogP contribution is 2.24. The summed E-state index contributed by atoms with van der Waals surface area (Å²) in [5.74, 6) is -0.569. The first-order valence-electron chi connectivity index (χ1n) is 5.57. The molecule has 106 valence electrons. The minimum Gasteiger partial charge on any atom is -0.375 e. The molecule has 0 fully saturated rings. The van der Waals surface area contributed by atoms with Gasteiger partial charge in [0.2, 0.25) is 0 Å². The Bertz CT molecular complexity index is 582. The van der Waals surface area contributed by atoms with Crippen LogP contribution in [0.4, 0.5) is 24.5 Å². The SMILES string of the molecule is O=C(Nc1ccccc1NCC(F)(F)F)c1ccon1. The Hall–Kier alpha value is -2.51. The van der Waals surface area contributed by atoms with Gasteiger partial charge in [-0.25, -0.2) is 0 Å². The van der Waals surface area contributed by atoms with Crippen molar-refractivity contribution in [2.45, 2.75) is 6.18 Å². The van der Waals surface area contributed by atoms with Crippen LogP contribution in [0.5, 0.6) is 0 Å². The summed E-state index contributed by atoms with van der Waals surface area (Å²) < 4.78 is 41.1. The van der Waals surface area contributed by atoms with Gasteiger partial charge >= 0.3 is 6.18 Å². The molecule has 0 bridgehead atoms. The average molecular weight is 285 g/mol. The van der Waals surface area contributed by atoms with Gasteiger partial charge in [-0.2, -0.15) is 13.2 Å². The van der Waals surface area contributed by atoms with Crippen LogP contribution in [-0.4, -0.2) is 23.8 Å². The first kappa shape index (κ1) is 13.9. The van der Waals surface area contributed by atoms with Crippen molar-refractivity contribution in [2.75, 3.05) is 17.2 Å². The molecule has 0 aliphatic heterocycles. The molecule has 0 saturated carbocycles. The molecule has 0 spiro atoms. The summed E-state index contributed by atoms with van der Waals surface area (Å²) >= 11 is 0. The third-order valence-electron chi connectivity index (χ3n) is 2.33. The standard InChI is InChI=1S/C12H10F3N3O2/c13-12(14,15)7-16-8-3-1-2-4-9(8)17-11(19)10-5-6-20-18-10/h1-6,16H,7H2,(H,17,19). The number of nitrogens with zero attached hydrogens (tertiary/aromatic N) is 1. The van der Waals surface area contributed by atoms with Gasteiger partial charge in [0.1, 0.15) is 12.8 Å². The maximum Gasteiger partial charge on any atom is 0.405 e. The van der Waals surface area contributed by atoms with E-state index in [1.165, 1.54) is 24.5 Å². The van der Waals surface area contributed by atoms with Gasteiger partial charge in [0, 0.05) is 6.07 Å². The van der Waals surface area contributed by atoms with Crippen LogP contribution in [-0.2, 0) is 0 Å². The monoisotopic (exact) mass is 285 g/mol. The third-order valence-corrected chi connectivity index (χ3v) is 2.33. The fraction of sp³-hybridized carbons (Fsp3) is 0.167. The maximum absolute atomic E-state index is 12.2. The summed E-state index contributed by atoms with van der Waals surface area (Å²) in [6, 6.07) is 7.42. The number of amides is 1. The number of hydrogen-bond donors (Lipinski definition) is 2. The van der Waals surface area contributed by atoms with Crippen LogP contribution in [0.1, 0.15) is 10.5 Å². The molecule has 5 nitrogen and oxygen atoms in total. The Labute approximate surface area is 111 Å². The minimum atomic E-state index is -4.34. The van der Waals surface area contributed by atoms with E-state index in [9.17, 15) is 18.0 Å². The Balaban J connectivity index is 2.10. The maximum atomic E-state index is 12.2. The van der Waals surface area contributed by atoms with Crippen LogP contribution in [0.25, 0.3) is 0 Å². The molecular weight excluding hydrogens is 275 g/mol. The fourth-order valence-electron chi connectivity index (χ4n) is 1.46. The van der Waals surface area contributed by atoms with Crippen molar-refractivity contribution in [1.82, 2.24) is 5.16 Å². The van der Waals surface area contributed by atoms with E-state index in [1.54, 1.807) is 12.1 Å². The molecule has 0 atom stereocenters. The van der Waals surface area contributed by atoms with Gasteiger partial charge < -0.3 is 15.2 Å². The average Bonchev–Trinajstić information content (AvgIpc) is 2.90. The van der Waals surface area contributed by atoms with E-state index in [1.807, 2.05) is 0 Å². The van der Waals surface area contributed by atoms with Crippen molar-refractivity contribution in [3.05, 3.63) is 42.3 Å². The van der Waals surface area contributed by atoms with Gasteiger partial charge in [-0.3, -0.25) is 4.79 Å². The van der Waals surface area contributed by atoms with Crippen molar-refractivity contribution in [1.29, 1.82) is 0 Å². The van der Waals surface area contributed by atoms with Gasteiger partial charge in [0.15, 0.2) is 5.69 Å². The number of carbonyl (C=O) groups excluding carboxylic acids is 1. The summed E-state index contributed by atoms with van der Waals surface area (Å²) in [6.07, 6.45) is -3.12. The first-order chi connectivity index (χ1) is 9.46. The molecule has 2 aromatic rings. The normalized spacial score (nSPS) is 11.2. The lowest BCUT2D eigenvalue weighted by Crippen LogP contribution is -2.22. The second-order valence-electron chi connectivity index (χ2n) is 3.85. The van der Waals surface area contributed by atoms with Gasteiger partial charge in [-0.1, -0.05) is 17.3 Å². The van der Waals surface area contributed by atoms with Gasteiger partial charge in [0.05, 0.1) is 11.4 Å². The van der Waals surface area contributed by atoms with Crippen molar-refractivity contribution < 1.29 is 22.5 Å². The molecule has 0 saturated heterocycles. The Morgan fingerprint density at radius 1 is 1.20 bits per heavy atom. The molecule has 1 aromatic carbocycles. The lowest BCUT2D eigenvalue weighted by molar-refractivity contribution is -0.115. The number of rotatable bonds is 4. The number of alkyl halides is 3. The van der Waals surface area contributed by atoms with Crippen LogP contribution in [0.15, 0.2) is 41.1 Å². The van der Waals surface area contributed by atoms with Gasteiger partial charge in [-0.05, 0) is 12.1 Å². The van der Waals surface area contributed by atoms with Crippen molar-refractivity contribution >= 4 is 17.3 Å².